The molecular weight excluding hydrogens is 311 g/mol. The first-order valence-corrected chi connectivity index (χ1v) is 9.40. The van der Waals surface area contributed by atoms with E-state index in [4.69, 9.17) is 24.4 Å². The Hall–Kier alpha value is 0.690. The highest BCUT2D eigenvalue weighted by atomic mass is 32.9. The van der Waals surface area contributed by atoms with Gasteiger partial charge in [-0.25, -0.2) is 0 Å². The van der Waals surface area contributed by atoms with E-state index in [0.29, 0.717) is 0 Å². The highest BCUT2D eigenvalue weighted by Gasteiger charge is 2.21. The quantitative estimate of drug-likeness (QED) is 0.428. The van der Waals surface area contributed by atoms with Gasteiger partial charge in [-0.05, 0) is 0 Å². The predicted octanol–water partition coefficient (Wildman–Crippen LogP) is 5.60. The van der Waals surface area contributed by atoms with Gasteiger partial charge < -0.3 is 5.32 Å². The van der Waals surface area contributed by atoms with Gasteiger partial charge in [0.2, 0.25) is 0 Å². The lowest BCUT2D eigenvalue weighted by atomic mass is 10.5. The van der Waals surface area contributed by atoms with Gasteiger partial charge in [0.25, 0.3) is 0 Å². The molecule has 1 aliphatic heterocycles. The monoisotopic (exact) mass is 311 g/mol. The van der Waals surface area contributed by atoms with E-state index in [0.717, 1.165) is 19.0 Å². The molecule has 0 aliphatic carbocycles. The van der Waals surface area contributed by atoms with Crippen molar-refractivity contribution in [1.82, 2.24) is 0 Å². The van der Waals surface area contributed by atoms with Crippen molar-refractivity contribution in [2.45, 2.75) is 8.42 Å². The molecule has 14 heavy (non-hydrogen) atoms. The molecular formula is C6HNS7. The lowest BCUT2D eigenvalue weighted by Crippen LogP contribution is -1.94. The minimum absolute atomic E-state index is 0.939. The first-order chi connectivity index (χ1) is 6.75. The summed E-state index contributed by atoms with van der Waals surface area (Å²) in [5, 5.41) is 3.35. The van der Waals surface area contributed by atoms with Crippen LogP contribution in [0.4, 0.5) is 11.4 Å². The molecule has 0 amide bonds. The highest BCUT2D eigenvalue weighted by Crippen LogP contribution is 2.53. The molecule has 2 aromatic heterocycles. The molecule has 72 valence electrons. The van der Waals surface area contributed by atoms with Gasteiger partial charge in [-0.15, -0.1) is 0 Å². The minimum Gasteiger partial charge on any atom is -0.349 e. The molecule has 0 aromatic carbocycles. The van der Waals surface area contributed by atoms with Crippen molar-refractivity contribution in [3.8, 4) is 0 Å². The Balaban J connectivity index is 2.25. The van der Waals surface area contributed by atoms with Crippen LogP contribution in [-0.2, 0) is 0 Å². The molecule has 0 spiro atoms. The van der Waals surface area contributed by atoms with Crippen molar-refractivity contribution >= 4 is 88.9 Å². The molecule has 0 bridgehead atoms. The average Bonchev–Trinajstić information content (AvgIpc) is 2.71. The third-order valence-electron chi connectivity index (χ3n) is 1.64. The standard InChI is InChI=1S/C6HNS7/c8-3-1-5(13-11-3)10-6-2(7-1)4(9)12-14-6/h7H. The van der Waals surface area contributed by atoms with Gasteiger partial charge in [0, 0.05) is 0 Å². The zero-order valence-electron chi connectivity index (χ0n) is 6.36. The van der Waals surface area contributed by atoms with E-state index >= 15 is 0 Å². The first kappa shape index (κ1) is 9.88. The third-order valence-corrected chi connectivity index (χ3v) is 9.68. The zero-order valence-corrected chi connectivity index (χ0v) is 12.1. The molecule has 1 nitrogen and oxygen atoms in total. The Kier molecular flexibility index (Phi) is 2.55. The van der Waals surface area contributed by atoms with Crippen LogP contribution in [0.25, 0.3) is 0 Å². The van der Waals surface area contributed by atoms with E-state index in [1.165, 1.54) is 8.42 Å². The lowest BCUT2D eigenvalue weighted by Gasteiger charge is -2.11. The topological polar surface area (TPSA) is 12.0 Å². The SMILES string of the molecule is S=c1ssc2c1Nc1c(ssc1=S)S2. The summed E-state index contributed by atoms with van der Waals surface area (Å²) in [5.74, 6) is 0. The summed E-state index contributed by atoms with van der Waals surface area (Å²) in [6, 6.07) is 0. The zero-order chi connectivity index (χ0) is 9.71. The van der Waals surface area contributed by atoms with E-state index in [1.807, 2.05) is 0 Å². The van der Waals surface area contributed by atoms with Crippen LogP contribution in [0.2, 0.25) is 0 Å². The summed E-state index contributed by atoms with van der Waals surface area (Å²) in [4.78, 5) is 0. The minimum atomic E-state index is 0.939. The average molecular weight is 312 g/mol. The van der Waals surface area contributed by atoms with Crippen LogP contribution in [0.1, 0.15) is 0 Å². The molecule has 0 atom stereocenters. The third kappa shape index (κ3) is 1.44. The Morgan fingerprint density at radius 3 is 1.79 bits per heavy atom. The number of hydrogen-bond donors (Lipinski definition) is 1. The van der Waals surface area contributed by atoms with Gasteiger partial charge in [-0.1, -0.05) is 77.6 Å². The van der Waals surface area contributed by atoms with E-state index in [1.54, 1.807) is 53.1 Å². The molecule has 0 fully saturated rings. The molecule has 3 rings (SSSR count). The number of rotatable bonds is 0. The van der Waals surface area contributed by atoms with Crippen LogP contribution in [-0.4, -0.2) is 0 Å². The number of fused-ring (bicyclic) bond motifs is 2. The fourth-order valence-electron chi connectivity index (χ4n) is 1.03. The maximum atomic E-state index is 5.24. The van der Waals surface area contributed by atoms with Gasteiger partial charge in [-0.3, -0.25) is 0 Å². The smallest absolute Gasteiger partial charge is 0.126 e. The summed E-state index contributed by atoms with van der Waals surface area (Å²) >= 11 is 12.3. The van der Waals surface area contributed by atoms with Crippen LogP contribution in [0.15, 0.2) is 8.42 Å². The van der Waals surface area contributed by atoms with Gasteiger partial charge in [0.05, 0.1) is 11.4 Å². The van der Waals surface area contributed by atoms with Crippen molar-refractivity contribution in [3.05, 3.63) is 7.65 Å². The normalized spacial score (nSPS) is 13.1. The molecule has 3 heterocycles. The number of anilines is 2. The molecule has 1 aliphatic rings. The van der Waals surface area contributed by atoms with Crippen molar-refractivity contribution < 1.29 is 0 Å². The second kappa shape index (κ2) is 3.62. The maximum absolute atomic E-state index is 5.24. The van der Waals surface area contributed by atoms with Crippen LogP contribution in [0.3, 0.4) is 0 Å². The molecule has 8 heteroatoms. The maximum Gasteiger partial charge on any atom is 0.126 e. The predicted molar refractivity (Wildman–Crippen MR) is 73.5 cm³/mol. The molecule has 2 aromatic rings. The van der Waals surface area contributed by atoms with Crippen molar-refractivity contribution in [1.29, 1.82) is 0 Å². The Morgan fingerprint density at radius 2 is 1.29 bits per heavy atom. The summed E-state index contributed by atoms with van der Waals surface area (Å²) in [5.41, 5.74) is 2.17. The van der Waals surface area contributed by atoms with Crippen molar-refractivity contribution in [3.63, 3.8) is 0 Å². The molecule has 1 N–H and O–H groups in total. The van der Waals surface area contributed by atoms with E-state index < -0.39 is 0 Å². The number of nitrogens with one attached hydrogen (secondary N) is 1. The van der Waals surface area contributed by atoms with Crippen LogP contribution >= 0.6 is 77.6 Å². The molecule has 0 radical (unpaired) electrons. The summed E-state index contributed by atoms with van der Waals surface area (Å²) in [6.07, 6.45) is 0. The number of hydrogen-bond acceptors (Lipinski definition) is 8. The van der Waals surface area contributed by atoms with Crippen LogP contribution in [0, 0.1) is 7.65 Å². The molecule has 0 saturated carbocycles. The molecule has 0 unspecified atom stereocenters. The van der Waals surface area contributed by atoms with Crippen LogP contribution in [0.5, 0.6) is 0 Å². The van der Waals surface area contributed by atoms with Gasteiger partial charge in [0.1, 0.15) is 16.1 Å². The van der Waals surface area contributed by atoms with Crippen molar-refractivity contribution in [2.75, 3.05) is 5.32 Å². The second-order valence-corrected chi connectivity index (χ2v) is 9.63. The highest BCUT2D eigenvalue weighted by molar-refractivity contribution is 8.06. The Labute approximate surface area is 109 Å². The Bertz CT molecular complexity index is 544. The van der Waals surface area contributed by atoms with Crippen molar-refractivity contribution in [2.24, 2.45) is 0 Å². The summed E-state index contributed by atoms with van der Waals surface area (Å²) in [7, 11) is 6.77. The van der Waals surface area contributed by atoms with E-state index in [9.17, 15) is 0 Å². The Morgan fingerprint density at radius 1 is 0.786 bits per heavy atom. The van der Waals surface area contributed by atoms with E-state index in [2.05, 4.69) is 5.32 Å². The van der Waals surface area contributed by atoms with Crippen LogP contribution < -0.4 is 5.32 Å². The summed E-state index contributed by atoms with van der Waals surface area (Å²) < 4.78 is 4.43. The fraction of sp³-hybridized carbons (Fsp3) is 0. The first-order valence-electron chi connectivity index (χ1n) is 3.47. The van der Waals surface area contributed by atoms with Gasteiger partial charge in [0.15, 0.2) is 0 Å². The second-order valence-electron chi connectivity index (χ2n) is 2.46. The lowest BCUT2D eigenvalue weighted by molar-refractivity contribution is 1.47. The molecule has 0 saturated heterocycles. The summed E-state index contributed by atoms with van der Waals surface area (Å²) in [6.45, 7) is 0. The van der Waals surface area contributed by atoms with Gasteiger partial charge in [-0.2, -0.15) is 0 Å². The van der Waals surface area contributed by atoms with Gasteiger partial charge >= 0.3 is 0 Å². The largest absolute Gasteiger partial charge is 0.349 e. The van der Waals surface area contributed by atoms with E-state index in [-0.39, 0.29) is 0 Å². The fourth-order valence-corrected chi connectivity index (χ4v) is 8.46.